The maximum Gasteiger partial charge on any atom is 0.156 e. The molecule has 0 spiro atoms. The molecule has 0 amide bonds. The van der Waals surface area contributed by atoms with Crippen LogP contribution in [0, 0.1) is 18.3 Å². The van der Waals surface area contributed by atoms with Gasteiger partial charge in [-0.05, 0) is 24.6 Å². The highest BCUT2D eigenvalue weighted by atomic mass is 16.5. The smallest absolute Gasteiger partial charge is 0.156 e. The fourth-order valence-electron chi connectivity index (χ4n) is 2.19. The standard InChI is InChI=1S/C15H20N2O3/c1-12-3-2-4-14(7-12)20-11-13(18)9-17-5-6-19-15(8-16)10-17/h2-4,7,13,15,18H,5-6,9-11H2,1H3. The zero-order valence-electron chi connectivity index (χ0n) is 11.7. The Balaban J connectivity index is 1.75. The van der Waals surface area contributed by atoms with Gasteiger partial charge in [0.15, 0.2) is 6.10 Å². The van der Waals surface area contributed by atoms with E-state index >= 15 is 0 Å². The first-order chi connectivity index (χ1) is 9.67. The maximum absolute atomic E-state index is 10.0. The first-order valence-corrected chi connectivity index (χ1v) is 6.78. The van der Waals surface area contributed by atoms with Gasteiger partial charge in [-0.2, -0.15) is 5.26 Å². The number of aliphatic hydroxyl groups is 1. The molecule has 1 fully saturated rings. The molecule has 2 unspecified atom stereocenters. The van der Waals surface area contributed by atoms with E-state index in [1.54, 1.807) is 0 Å². The number of aliphatic hydroxyl groups excluding tert-OH is 1. The number of nitriles is 1. The van der Waals surface area contributed by atoms with Crippen LogP contribution in [0.1, 0.15) is 5.56 Å². The largest absolute Gasteiger partial charge is 0.491 e. The van der Waals surface area contributed by atoms with E-state index in [0.29, 0.717) is 19.7 Å². The number of rotatable bonds is 5. The van der Waals surface area contributed by atoms with Crippen molar-refractivity contribution >= 4 is 0 Å². The molecule has 1 aliphatic heterocycles. The van der Waals surface area contributed by atoms with Crippen LogP contribution in [0.5, 0.6) is 5.75 Å². The molecule has 1 aliphatic rings. The monoisotopic (exact) mass is 276 g/mol. The third-order valence-electron chi connectivity index (χ3n) is 3.20. The third-order valence-corrected chi connectivity index (χ3v) is 3.20. The molecule has 1 aromatic rings. The molecular formula is C15H20N2O3. The van der Waals surface area contributed by atoms with Crippen LogP contribution < -0.4 is 4.74 Å². The Morgan fingerprint density at radius 1 is 1.60 bits per heavy atom. The Hall–Kier alpha value is -1.61. The van der Waals surface area contributed by atoms with E-state index in [-0.39, 0.29) is 6.61 Å². The van der Waals surface area contributed by atoms with Gasteiger partial charge in [0.1, 0.15) is 18.5 Å². The minimum atomic E-state index is -0.576. The minimum Gasteiger partial charge on any atom is -0.491 e. The van der Waals surface area contributed by atoms with Gasteiger partial charge >= 0.3 is 0 Å². The maximum atomic E-state index is 10.0. The molecule has 20 heavy (non-hydrogen) atoms. The molecule has 1 saturated heterocycles. The van der Waals surface area contributed by atoms with Gasteiger partial charge in [-0.1, -0.05) is 12.1 Å². The lowest BCUT2D eigenvalue weighted by atomic mass is 10.2. The van der Waals surface area contributed by atoms with Crippen molar-refractivity contribution in [1.82, 2.24) is 4.90 Å². The van der Waals surface area contributed by atoms with Gasteiger partial charge in [0.25, 0.3) is 0 Å². The van der Waals surface area contributed by atoms with Crippen molar-refractivity contribution in [2.45, 2.75) is 19.1 Å². The van der Waals surface area contributed by atoms with E-state index in [2.05, 4.69) is 6.07 Å². The summed E-state index contributed by atoms with van der Waals surface area (Å²) in [6.07, 6.45) is -0.971. The molecule has 1 N–H and O–H groups in total. The van der Waals surface area contributed by atoms with Crippen LogP contribution >= 0.6 is 0 Å². The lowest BCUT2D eigenvalue weighted by Crippen LogP contribution is -2.46. The van der Waals surface area contributed by atoms with Crippen LogP contribution in [0.25, 0.3) is 0 Å². The van der Waals surface area contributed by atoms with E-state index in [0.717, 1.165) is 17.9 Å². The van der Waals surface area contributed by atoms with Gasteiger partial charge in [0, 0.05) is 19.6 Å². The van der Waals surface area contributed by atoms with E-state index in [4.69, 9.17) is 14.7 Å². The van der Waals surface area contributed by atoms with E-state index in [9.17, 15) is 5.11 Å². The summed E-state index contributed by atoms with van der Waals surface area (Å²) in [5.74, 6) is 0.765. The van der Waals surface area contributed by atoms with Gasteiger partial charge in [0.2, 0.25) is 0 Å². The summed E-state index contributed by atoms with van der Waals surface area (Å²) >= 11 is 0. The van der Waals surface area contributed by atoms with Crippen molar-refractivity contribution in [3.8, 4) is 11.8 Å². The third kappa shape index (κ3) is 4.49. The minimum absolute atomic E-state index is 0.248. The number of ether oxygens (including phenoxy) is 2. The summed E-state index contributed by atoms with van der Waals surface area (Å²) in [5, 5.41) is 18.8. The van der Waals surface area contributed by atoms with Crippen molar-refractivity contribution in [1.29, 1.82) is 5.26 Å². The van der Waals surface area contributed by atoms with Crippen LogP contribution in [0.15, 0.2) is 24.3 Å². The lowest BCUT2D eigenvalue weighted by Gasteiger charge is -2.31. The van der Waals surface area contributed by atoms with Crippen LogP contribution in [-0.4, -0.2) is 55.1 Å². The molecule has 0 radical (unpaired) electrons. The quantitative estimate of drug-likeness (QED) is 0.867. The van der Waals surface area contributed by atoms with Crippen molar-refractivity contribution in [2.24, 2.45) is 0 Å². The van der Waals surface area contributed by atoms with Crippen LogP contribution in [0.2, 0.25) is 0 Å². The number of nitrogens with zero attached hydrogens (tertiary/aromatic N) is 2. The van der Waals surface area contributed by atoms with Crippen molar-refractivity contribution in [3.05, 3.63) is 29.8 Å². The van der Waals surface area contributed by atoms with E-state index < -0.39 is 12.2 Å². The molecule has 5 heteroatoms. The second-order valence-corrected chi connectivity index (χ2v) is 5.03. The summed E-state index contributed by atoms with van der Waals surface area (Å²) < 4.78 is 10.8. The van der Waals surface area contributed by atoms with E-state index in [1.165, 1.54) is 0 Å². The van der Waals surface area contributed by atoms with Crippen molar-refractivity contribution in [2.75, 3.05) is 32.8 Å². The Labute approximate surface area is 119 Å². The molecular weight excluding hydrogens is 256 g/mol. The average Bonchev–Trinajstić information content (AvgIpc) is 2.45. The summed E-state index contributed by atoms with van der Waals surface area (Å²) in [5.41, 5.74) is 1.13. The molecule has 5 nitrogen and oxygen atoms in total. The average molecular weight is 276 g/mol. The molecule has 1 aromatic carbocycles. The Morgan fingerprint density at radius 3 is 3.20 bits per heavy atom. The normalized spacial score (nSPS) is 21.1. The molecule has 0 bridgehead atoms. The molecule has 2 atom stereocenters. The zero-order valence-corrected chi connectivity index (χ0v) is 11.7. The Morgan fingerprint density at radius 2 is 2.45 bits per heavy atom. The predicted octanol–water partition coefficient (Wildman–Crippen LogP) is 0.959. The SMILES string of the molecule is Cc1cccc(OCC(O)CN2CCOC(C#N)C2)c1. The Bertz CT molecular complexity index is 472. The number of morpholine rings is 1. The molecule has 0 aliphatic carbocycles. The number of β-amino-alcohol motifs (C(OH)–C–C–N with tert-alkyl or cyclic N) is 1. The number of benzene rings is 1. The highest BCUT2D eigenvalue weighted by molar-refractivity contribution is 5.27. The molecule has 1 heterocycles. The summed E-state index contributed by atoms with van der Waals surface area (Å²) in [6, 6.07) is 9.83. The topological polar surface area (TPSA) is 65.7 Å². The second-order valence-electron chi connectivity index (χ2n) is 5.03. The highest BCUT2D eigenvalue weighted by Crippen LogP contribution is 2.13. The highest BCUT2D eigenvalue weighted by Gasteiger charge is 2.22. The predicted molar refractivity (Wildman–Crippen MR) is 74.5 cm³/mol. The van der Waals surface area contributed by atoms with Gasteiger partial charge in [0.05, 0.1) is 12.7 Å². The first-order valence-electron chi connectivity index (χ1n) is 6.78. The molecule has 0 saturated carbocycles. The number of hydrogen-bond donors (Lipinski definition) is 1. The molecule has 2 rings (SSSR count). The lowest BCUT2D eigenvalue weighted by molar-refractivity contribution is -0.0215. The van der Waals surface area contributed by atoms with Crippen LogP contribution in [0.3, 0.4) is 0 Å². The van der Waals surface area contributed by atoms with Gasteiger partial charge in [-0.15, -0.1) is 0 Å². The van der Waals surface area contributed by atoms with Crippen LogP contribution in [0.4, 0.5) is 0 Å². The first kappa shape index (κ1) is 14.8. The molecule has 108 valence electrons. The summed E-state index contributed by atoms with van der Waals surface area (Å²) in [4.78, 5) is 2.03. The van der Waals surface area contributed by atoms with Gasteiger partial charge in [-0.3, -0.25) is 4.90 Å². The van der Waals surface area contributed by atoms with Gasteiger partial charge < -0.3 is 14.6 Å². The second kappa shape index (κ2) is 7.25. The number of aryl methyl sites for hydroxylation is 1. The fraction of sp³-hybridized carbons (Fsp3) is 0.533. The molecule has 0 aromatic heterocycles. The Kier molecular flexibility index (Phi) is 5.36. The van der Waals surface area contributed by atoms with Crippen LogP contribution in [-0.2, 0) is 4.74 Å². The number of hydrogen-bond acceptors (Lipinski definition) is 5. The summed E-state index contributed by atoms with van der Waals surface area (Å²) in [7, 11) is 0. The zero-order chi connectivity index (χ0) is 14.4. The summed E-state index contributed by atoms with van der Waals surface area (Å²) in [6.45, 7) is 4.55. The fourth-order valence-corrected chi connectivity index (χ4v) is 2.19. The van der Waals surface area contributed by atoms with Crippen molar-refractivity contribution < 1.29 is 14.6 Å². The van der Waals surface area contributed by atoms with Crippen molar-refractivity contribution in [3.63, 3.8) is 0 Å². The van der Waals surface area contributed by atoms with E-state index in [1.807, 2.05) is 36.1 Å². The van der Waals surface area contributed by atoms with Gasteiger partial charge in [-0.25, -0.2) is 0 Å².